The third-order valence-electron chi connectivity index (χ3n) is 6.31. The van der Waals surface area contributed by atoms with Gasteiger partial charge in [-0.3, -0.25) is 9.59 Å². The minimum absolute atomic E-state index is 0.138. The van der Waals surface area contributed by atoms with E-state index in [1.165, 1.54) is 0 Å². The number of ether oxygens (including phenoxy) is 1. The summed E-state index contributed by atoms with van der Waals surface area (Å²) >= 11 is 9.63. The van der Waals surface area contributed by atoms with Crippen molar-refractivity contribution < 1.29 is 14.3 Å². The normalized spacial score (nSPS) is 14.7. The lowest BCUT2D eigenvalue weighted by Crippen LogP contribution is -2.50. The first-order chi connectivity index (χ1) is 16.4. The first-order valence-corrected chi connectivity index (χ1v) is 12.7. The SMILES string of the molecule is C[C@H](C(=O)NC1CCCC1)N(Cc1ccc(Cl)cc1)C(=O)COc1ccc2ccccc2c1Br. The minimum atomic E-state index is -0.632. The topological polar surface area (TPSA) is 58.6 Å². The number of halogens is 2. The first kappa shape index (κ1) is 24.6. The lowest BCUT2D eigenvalue weighted by molar-refractivity contribution is -0.142. The summed E-state index contributed by atoms with van der Waals surface area (Å²) in [6.45, 7) is 1.88. The Kier molecular flexibility index (Phi) is 8.11. The van der Waals surface area contributed by atoms with Crippen molar-refractivity contribution in [2.45, 2.75) is 51.2 Å². The number of nitrogens with zero attached hydrogens (tertiary/aromatic N) is 1. The van der Waals surface area contributed by atoms with Gasteiger partial charge in [0.15, 0.2) is 6.61 Å². The van der Waals surface area contributed by atoms with Gasteiger partial charge in [-0.05, 0) is 70.2 Å². The molecule has 1 saturated carbocycles. The van der Waals surface area contributed by atoms with Gasteiger partial charge < -0.3 is 15.0 Å². The second-order valence-electron chi connectivity index (χ2n) is 8.70. The zero-order valence-corrected chi connectivity index (χ0v) is 21.4. The molecule has 2 amide bonds. The fourth-order valence-electron chi connectivity index (χ4n) is 4.31. The summed E-state index contributed by atoms with van der Waals surface area (Å²) < 4.78 is 6.72. The van der Waals surface area contributed by atoms with Crippen molar-refractivity contribution in [3.8, 4) is 5.75 Å². The highest BCUT2D eigenvalue weighted by Gasteiger charge is 2.29. The lowest BCUT2D eigenvalue weighted by atomic mass is 10.1. The van der Waals surface area contributed by atoms with Crippen LogP contribution >= 0.6 is 27.5 Å². The van der Waals surface area contributed by atoms with E-state index in [9.17, 15) is 9.59 Å². The maximum absolute atomic E-state index is 13.3. The van der Waals surface area contributed by atoms with Gasteiger partial charge >= 0.3 is 0 Å². The third kappa shape index (κ3) is 5.91. The van der Waals surface area contributed by atoms with Gasteiger partial charge in [0.1, 0.15) is 11.8 Å². The number of rotatable bonds is 8. The molecule has 0 aliphatic heterocycles. The van der Waals surface area contributed by atoms with E-state index in [0.717, 1.165) is 46.5 Å². The molecule has 5 nitrogen and oxygen atoms in total. The van der Waals surface area contributed by atoms with Gasteiger partial charge in [-0.25, -0.2) is 0 Å². The summed E-state index contributed by atoms with van der Waals surface area (Å²) in [5, 5.41) is 5.82. The number of hydrogen-bond donors (Lipinski definition) is 1. The molecule has 178 valence electrons. The van der Waals surface area contributed by atoms with E-state index >= 15 is 0 Å². The lowest BCUT2D eigenvalue weighted by Gasteiger charge is -2.29. The maximum atomic E-state index is 13.3. The molecule has 0 unspecified atom stereocenters. The maximum Gasteiger partial charge on any atom is 0.261 e. The van der Waals surface area contributed by atoms with Gasteiger partial charge in [0.05, 0.1) is 4.47 Å². The van der Waals surface area contributed by atoms with E-state index in [4.69, 9.17) is 16.3 Å². The molecule has 3 aromatic rings. The summed E-state index contributed by atoms with van der Waals surface area (Å²) in [5.74, 6) is 0.187. The molecule has 7 heteroatoms. The zero-order valence-electron chi connectivity index (χ0n) is 19.1. The molecule has 0 radical (unpaired) electrons. The molecule has 0 spiro atoms. The van der Waals surface area contributed by atoms with Crippen molar-refractivity contribution >= 4 is 50.1 Å². The molecule has 4 rings (SSSR count). The van der Waals surface area contributed by atoms with Crippen LogP contribution in [0.25, 0.3) is 10.8 Å². The number of carbonyl (C=O) groups is 2. The fraction of sp³-hybridized carbons (Fsp3) is 0.333. The van der Waals surface area contributed by atoms with Crippen LogP contribution in [-0.4, -0.2) is 35.4 Å². The highest BCUT2D eigenvalue weighted by atomic mass is 79.9. The number of carbonyl (C=O) groups excluding carboxylic acids is 2. The van der Waals surface area contributed by atoms with E-state index in [1.54, 1.807) is 24.0 Å². The van der Waals surface area contributed by atoms with Crippen molar-refractivity contribution in [2.75, 3.05) is 6.61 Å². The van der Waals surface area contributed by atoms with Crippen LogP contribution in [-0.2, 0) is 16.1 Å². The monoisotopic (exact) mass is 542 g/mol. The molecule has 0 aromatic heterocycles. The second-order valence-corrected chi connectivity index (χ2v) is 9.93. The average molecular weight is 544 g/mol. The number of nitrogens with one attached hydrogen (secondary N) is 1. The Morgan fingerprint density at radius 2 is 1.79 bits per heavy atom. The molecular formula is C27H28BrClN2O3. The van der Waals surface area contributed by atoms with Gasteiger partial charge in [-0.2, -0.15) is 0 Å². The van der Waals surface area contributed by atoms with Crippen molar-refractivity contribution in [3.05, 3.63) is 75.7 Å². The van der Waals surface area contributed by atoms with E-state index in [-0.39, 0.29) is 31.0 Å². The van der Waals surface area contributed by atoms with Gasteiger partial charge in [-0.15, -0.1) is 0 Å². The number of fused-ring (bicyclic) bond motifs is 1. The molecule has 3 aromatic carbocycles. The van der Waals surface area contributed by atoms with Crippen LogP contribution in [0.3, 0.4) is 0 Å². The summed E-state index contributed by atoms with van der Waals surface area (Å²) in [6, 6.07) is 18.6. The summed E-state index contributed by atoms with van der Waals surface area (Å²) in [6.07, 6.45) is 4.23. The molecule has 1 N–H and O–H groups in total. The largest absolute Gasteiger partial charge is 0.483 e. The highest BCUT2D eigenvalue weighted by Crippen LogP contribution is 2.33. The number of hydrogen-bond acceptors (Lipinski definition) is 3. The molecule has 1 aliphatic carbocycles. The highest BCUT2D eigenvalue weighted by molar-refractivity contribution is 9.10. The molecule has 1 aliphatic rings. The van der Waals surface area contributed by atoms with Crippen LogP contribution in [0.15, 0.2) is 65.1 Å². The number of benzene rings is 3. The van der Waals surface area contributed by atoms with Crippen molar-refractivity contribution in [2.24, 2.45) is 0 Å². The quantitative estimate of drug-likeness (QED) is 0.373. The summed E-state index contributed by atoms with van der Waals surface area (Å²) in [4.78, 5) is 27.9. The van der Waals surface area contributed by atoms with Crippen LogP contribution in [0.1, 0.15) is 38.2 Å². The van der Waals surface area contributed by atoms with Crippen LogP contribution < -0.4 is 10.1 Å². The Hall–Kier alpha value is -2.57. The Morgan fingerprint density at radius 1 is 1.09 bits per heavy atom. The van der Waals surface area contributed by atoms with E-state index < -0.39 is 6.04 Å². The fourth-order valence-corrected chi connectivity index (χ4v) is 5.04. The van der Waals surface area contributed by atoms with Gasteiger partial charge in [0, 0.05) is 17.6 Å². The molecular weight excluding hydrogens is 516 g/mol. The van der Waals surface area contributed by atoms with Crippen LogP contribution in [0, 0.1) is 0 Å². The molecule has 0 bridgehead atoms. The molecule has 1 atom stereocenters. The third-order valence-corrected chi connectivity index (χ3v) is 7.38. The van der Waals surface area contributed by atoms with Crippen molar-refractivity contribution in [1.82, 2.24) is 10.2 Å². The Balaban J connectivity index is 1.49. The molecule has 0 saturated heterocycles. The Morgan fingerprint density at radius 3 is 2.53 bits per heavy atom. The van der Waals surface area contributed by atoms with Crippen molar-refractivity contribution in [1.29, 1.82) is 0 Å². The zero-order chi connectivity index (χ0) is 24.1. The minimum Gasteiger partial charge on any atom is -0.483 e. The second kappa shape index (κ2) is 11.2. The van der Waals surface area contributed by atoms with E-state index in [0.29, 0.717) is 10.8 Å². The molecule has 0 heterocycles. The molecule has 34 heavy (non-hydrogen) atoms. The van der Waals surface area contributed by atoms with Crippen LogP contribution in [0.2, 0.25) is 5.02 Å². The summed E-state index contributed by atoms with van der Waals surface area (Å²) in [7, 11) is 0. The Labute approximate surface area is 213 Å². The standard InChI is InChI=1S/C27H28BrClN2O3/c1-18(27(33)30-22-7-3-4-8-22)31(16-19-10-13-21(29)14-11-19)25(32)17-34-24-15-12-20-6-2-5-9-23(20)26(24)28/h2,5-6,9-15,18,22H,3-4,7-8,16-17H2,1H3,(H,30,33)/t18-/m1/s1. The van der Waals surface area contributed by atoms with Gasteiger partial charge in [0.25, 0.3) is 5.91 Å². The average Bonchev–Trinajstić information content (AvgIpc) is 3.36. The van der Waals surface area contributed by atoms with Crippen LogP contribution in [0.4, 0.5) is 0 Å². The summed E-state index contributed by atoms with van der Waals surface area (Å²) in [5.41, 5.74) is 0.894. The van der Waals surface area contributed by atoms with Gasteiger partial charge in [-0.1, -0.05) is 66.9 Å². The van der Waals surface area contributed by atoms with Crippen LogP contribution in [0.5, 0.6) is 5.75 Å². The Bertz CT molecular complexity index is 1160. The van der Waals surface area contributed by atoms with Gasteiger partial charge in [0.2, 0.25) is 5.91 Å². The number of amides is 2. The van der Waals surface area contributed by atoms with E-state index in [2.05, 4.69) is 21.2 Å². The predicted octanol–water partition coefficient (Wildman–Crippen LogP) is 6.11. The smallest absolute Gasteiger partial charge is 0.261 e. The first-order valence-electron chi connectivity index (χ1n) is 11.6. The predicted molar refractivity (Wildman–Crippen MR) is 139 cm³/mol. The molecule has 1 fully saturated rings. The van der Waals surface area contributed by atoms with E-state index in [1.807, 2.05) is 48.5 Å². The van der Waals surface area contributed by atoms with Crippen molar-refractivity contribution in [3.63, 3.8) is 0 Å².